The Morgan fingerprint density at radius 2 is 1.31 bits per heavy atom. The summed E-state index contributed by atoms with van der Waals surface area (Å²) in [5.41, 5.74) is -0.887. The molecule has 1 unspecified atom stereocenters. The van der Waals surface area contributed by atoms with Crippen LogP contribution in [0.25, 0.3) is 0 Å². The predicted octanol–water partition coefficient (Wildman–Crippen LogP) is 5.01. The molecule has 12 heteroatoms. The van der Waals surface area contributed by atoms with Gasteiger partial charge in [0.25, 0.3) is 0 Å². The van der Waals surface area contributed by atoms with Gasteiger partial charge in [-0.15, -0.1) is 0 Å². The summed E-state index contributed by atoms with van der Waals surface area (Å²) in [5, 5.41) is 0. The molecule has 0 heterocycles. The van der Waals surface area contributed by atoms with Crippen molar-refractivity contribution < 1.29 is 51.7 Å². The number of esters is 4. The van der Waals surface area contributed by atoms with E-state index in [0.717, 1.165) is 5.56 Å². The molecule has 0 aromatic heterocycles. The molecule has 1 rings (SSSR count). The lowest BCUT2D eigenvalue weighted by Crippen LogP contribution is -2.27. The summed E-state index contributed by atoms with van der Waals surface area (Å²) < 4.78 is 44.6. The molecule has 0 fully saturated rings. The number of rotatable bonds is 15. The average Bonchev–Trinajstić information content (AvgIpc) is 2.84. The predicted molar refractivity (Wildman–Crippen MR) is 141 cm³/mol. The average molecular weight is 573 g/mol. The fraction of sp³-hybridized carbons (Fsp3) is 0.630. The first kappa shape index (κ1) is 34.3. The zero-order chi connectivity index (χ0) is 29.7. The number of carbonyl (C=O) groups is 4. The standard InChI is InChI=1S/C27H41O11P/c1-8-33-23(29)21(14-15-22(28)34-16-20-12-10-9-11-13-20)17-39(32,37-18-35-24(30)26(2,3)4)38-19-36-25(31)27(5,6)7/h9-13,21H,8,14-19H2,1-7H3. The SMILES string of the molecule is CCOC(=O)C(CCC(=O)OCc1ccccc1)CP(=O)(OCOC(=O)C(C)(C)C)OCOC(=O)C(C)(C)C. The van der Waals surface area contributed by atoms with E-state index >= 15 is 0 Å². The van der Waals surface area contributed by atoms with Gasteiger partial charge in [-0.25, -0.2) is 0 Å². The van der Waals surface area contributed by atoms with Crippen LogP contribution in [0.3, 0.4) is 0 Å². The fourth-order valence-electron chi connectivity index (χ4n) is 2.81. The molecule has 220 valence electrons. The Morgan fingerprint density at radius 3 is 1.77 bits per heavy atom. The first-order chi connectivity index (χ1) is 18.1. The van der Waals surface area contributed by atoms with E-state index in [9.17, 15) is 23.7 Å². The van der Waals surface area contributed by atoms with Gasteiger partial charge in [-0.1, -0.05) is 30.3 Å². The minimum atomic E-state index is -4.20. The van der Waals surface area contributed by atoms with Crippen molar-refractivity contribution in [1.29, 1.82) is 0 Å². The third kappa shape index (κ3) is 13.7. The zero-order valence-corrected chi connectivity index (χ0v) is 24.7. The quantitative estimate of drug-likeness (QED) is 0.121. The fourth-order valence-corrected chi connectivity index (χ4v) is 4.40. The van der Waals surface area contributed by atoms with Crippen LogP contribution in [0.4, 0.5) is 0 Å². The summed E-state index contributed by atoms with van der Waals surface area (Å²) in [5.74, 6) is -3.61. The molecule has 0 aliphatic rings. The van der Waals surface area contributed by atoms with Gasteiger partial charge in [0.15, 0.2) is 0 Å². The van der Waals surface area contributed by atoms with Crippen molar-refractivity contribution in [3.63, 3.8) is 0 Å². The third-order valence-electron chi connectivity index (χ3n) is 5.11. The van der Waals surface area contributed by atoms with E-state index in [1.165, 1.54) is 0 Å². The van der Waals surface area contributed by atoms with E-state index < -0.39 is 68.0 Å². The highest BCUT2D eigenvalue weighted by atomic mass is 31.2. The van der Waals surface area contributed by atoms with Crippen molar-refractivity contribution >= 4 is 31.5 Å². The summed E-state index contributed by atoms with van der Waals surface area (Å²) in [6.45, 7) is 10.0. The van der Waals surface area contributed by atoms with Crippen LogP contribution in [0.5, 0.6) is 0 Å². The molecule has 1 aromatic rings. The van der Waals surface area contributed by atoms with Gasteiger partial charge in [-0.2, -0.15) is 0 Å². The monoisotopic (exact) mass is 572 g/mol. The maximum atomic E-state index is 13.6. The van der Waals surface area contributed by atoms with E-state index in [0.29, 0.717) is 0 Å². The lowest BCUT2D eigenvalue weighted by Gasteiger charge is -2.24. The normalized spacial score (nSPS) is 12.8. The molecule has 0 bridgehead atoms. The molecule has 39 heavy (non-hydrogen) atoms. The van der Waals surface area contributed by atoms with Crippen molar-refractivity contribution in [2.24, 2.45) is 16.7 Å². The Kier molecular flexibility index (Phi) is 13.8. The van der Waals surface area contributed by atoms with Crippen molar-refractivity contribution in [3.8, 4) is 0 Å². The highest BCUT2D eigenvalue weighted by Crippen LogP contribution is 2.50. The number of hydrogen-bond donors (Lipinski definition) is 0. The largest absolute Gasteiger partial charge is 0.466 e. The Bertz CT molecular complexity index is 957. The van der Waals surface area contributed by atoms with Crippen molar-refractivity contribution in [2.75, 3.05) is 26.4 Å². The van der Waals surface area contributed by atoms with E-state index in [2.05, 4.69) is 0 Å². The molecule has 0 aliphatic carbocycles. The minimum Gasteiger partial charge on any atom is -0.466 e. The molecule has 1 atom stereocenters. The molecule has 1 aromatic carbocycles. The molecule has 11 nitrogen and oxygen atoms in total. The van der Waals surface area contributed by atoms with Crippen LogP contribution in [0.1, 0.15) is 66.9 Å². The summed E-state index contributed by atoms with van der Waals surface area (Å²) in [6.07, 6.45) is -0.765. The van der Waals surface area contributed by atoms with Gasteiger partial charge in [-0.05, 0) is 60.5 Å². The maximum Gasteiger partial charge on any atom is 0.337 e. The molecule has 0 N–H and O–H groups in total. The van der Waals surface area contributed by atoms with Crippen molar-refractivity contribution in [1.82, 2.24) is 0 Å². The van der Waals surface area contributed by atoms with Crippen molar-refractivity contribution in [3.05, 3.63) is 35.9 Å². The van der Waals surface area contributed by atoms with Gasteiger partial charge in [0.1, 0.15) is 6.61 Å². The van der Waals surface area contributed by atoms with Crippen molar-refractivity contribution in [2.45, 2.75) is 67.9 Å². The summed E-state index contributed by atoms with van der Waals surface area (Å²) in [7, 11) is -4.20. The van der Waals surface area contributed by atoms with Crippen LogP contribution < -0.4 is 0 Å². The Hall–Kier alpha value is -2.75. The summed E-state index contributed by atoms with van der Waals surface area (Å²) in [4.78, 5) is 49.2. The van der Waals surface area contributed by atoms with Gasteiger partial charge in [-0.3, -0.25) is 32.8 Å². The zero-order valence-electron chi connectivity index (χ0n) is 23.9. The number of carbonyl (C=O) groups excluding carboxylic acids is 4. The highest BCUT2D eigenvalue weighted by Gasteiger charge is 2.36. The Morgan fingerprint density at radius 1 is 0.795 bits per heavy atom. The second-order valence-corrected chi connectivity index (χ2v) is 12.9. The summed E-state index contributed by atoms with van der Waals surface area (Å²) in [6, 6.07) is 9.08. The highest BCUT2D eigenvalue weighted by molar-refractivity contribution is 7.53. The van der Waals surface area contributed by atoms with Gasteiger partial charge < -0.3 is 18.9 Å². The molecule has 0 radical (unpaired) electrons. The number of hydrogen-bond acceptors (Lipinski definition) is 11. The topological polar surface area (TPSA) is 141 Å². The second kappa shape index (κ2) is 15.7. The first-order valence-electron chi connectivity index (χ1n) is 12.7. The van der Waals surface area contributed by atoms with E-state index in [4.69, 9.17) is 28.0 Å². The van der Waals surface area contributed by atoms with Crippen LogP contribution in [0.2, 0.25) is 0 Å². The molecule has 0 saturated heterocycles. The molecule has 0 aliphatic heterocycles. The Labute approximate surface area is 230 Å². The minimum absolute atomic E-state index is 0.0478. The molecule has 0 amide bonds. The van der Waals surface area contributed by atoms with Gasteiger partial charge in [0, 0.05) is 6.42 Å². The van der Waals surface area contributed by atoms with Crippen LogP contribution in [-0.4, -0.2) is 50.2 Å². The van der Waals surface area contributed by atoms with E-state index in [1.54, 1.807) is 60.6 Å². The lowest BCUT2D eigenvalue weighted by molar-refractivity contribution is -0.162. The number of ether oxygens (including phenoxy) is 4. The van der Waals surface area contributed by atoms with E-state index in [1.807, 2.05) is 18.2 Å². The second-order valence-electron chi connectivity index (χ2n) is 10.8. The number of benzene rings is 1. The van der Waals surface area contributed by atoms with Crippen LogP contribution >= 0.6 is 7.60 Å². The summed E-state index contributed by atoms with van der Waals surface area (Å²) >= 11 is 0. The van der Waals surface area contributed by atoms with E-state index in [-0.39, 0.29) is 26.1 Å². The molecule has 0 spiro atoms. The molecular formula is C27H41O11P. The Balaban J connectivity index is 2.93. The molecule has 0 saturated carbocycles. The third-order valence-corrected chi connectivity index (χ3v) is 6.99. The lowest BCUT2D eigenvalue weighted by atomic mass is 9.98. The van der Waals surface area contributed by atoms with Crippen LogP contribution in [0, 0.1) is 16.7 Å². The first-order valence-corrected chi connectivity index (χ1v) is 14.4. The van der Waals surface area contributed by atoms with Crippen LogP contribution in [0.15, 0.2) is 30.3 Å². The van der Waals surface area contributed by atoms with Gasteiger partial charge in [0.2, 0.25) is 13.6 Å². The molecular weight excluding hydrogens is 531 g/mol. The maximum absolute atomic E-state index is 13.6. The van der Waals surface area contributed by atoms with Gasteiger partial charge >= 0.3 is 31.5 Å². The van der Waals surface area contributed by atoms with Gasteiger partial charge in [0.05, 0.1) is 29.5 Å². The van der Waals surface area contributed by atoms with Crippen LogP contribution in [-0.2, 0) is 58.3 Å². The smallest absolute Gasteiger partial charge is 0.337 e.